The van der Waals surface area contributed by atoms with Gasteiger partial charge in [0.25, 0.3) is 0 Å². The molecule has 2 aliphatic carbocycles. The average molecular weight is 486 g/mol. The molecule has 2 saturated carbocycles. The van der Waals surface area contributed by atoms with Crippen molar-refractivity contribution in [3.05, 3.63) is 0 Å². The van der Waals surface area contributed by atoms with Crippen molar-refractivity contribution < 1.29 is 8.42 Å². The SMILES string of the molecule is CN=C(NCCCC1CCCC1)NCCS(=O)(=O)NCC1CCC1.I. The summed E-state index contributed by atoms with van der Waals surface area (Å²) in [5, 5.41) is 6.36. The van der Waals surface area contributed by atoms with Crippen LogP contribution in [0.4, 0.5) is 0 Å². The summed E-state index contributed by atoms with van der Waals surface area (Å²) >= 11 is 0. The molecule has 0 heterocycles. The molecule has 148 valence electrons. The summed E-state index contributed by atoms with van der Waals surface area (Å²) < 4.78 is 26.6. The minimum atomic E-state index is -3.19. The van der Waals surface area contributed by atoms with E-state index in [-0.39, 0.29) is 29.7 Å². The molecule has 8 heteroatoms. The second kappa shape index (κ2) is 12.3. The summed E-state index contributed by atoms with van der Waals surface area (Å²) in [4.78, 5) is 4.15. The zero-order valence-corrected chi connectivity index (χ0v) is 18.6. The number of nitrogens with zero attached hydrogens (tertiary/aromatic N) is 1. The van der Waals surface area contributed by atoms with Crippen molar-refractivity contribution in [2.75, 3.05) is 32.4 Å². The third-order valence-electron chi connectivity index (χ3n) is 5.26. The number of halogens is 1. The van der Waals surface area contributed by atoms with Crippen LogP contribution in [0.15, 0.2) is 4.99 Å². The highest BCUT2D eigenvalue weighted by Gasteiger charge is 2.20. The van der Waals surface area contributed by atoms with Crippen molar-refractivity contribution in [2.24, 2.45) is 16.8 Å². The largest absolute Gasteiger partial charge is 0.356 e. The predicted octanol–water partition coefficient (Wildman–Crippen LogP) is 2.46. The standard InChI is InChI=1S/C17H34N4O2S.HI/c1-18-17(19-11-5-10-15-6-2-3-7-15)20-12-13-24(22,23)21-14-16-8-4-9-16;/h15-16,21H,2-14H2,1H3,(H2,18,19,20);1H. The third kappa shape index (κ3) is 9.42. The van der Waals surface area contributed by atoms with E-state index in [1.807, 2.05) is 0 Å². The van der Waals surface area contributed by atoms with Crippen LogP contribution in [0.1, 0.15) is 57.8 Å². The summed E-state index contributed by atoms with van der Waals surface area (Å²) in [6.07, 6.45) is 11.5. The minimum Gasteiger partial charge on any atom is -0.356 e. The predicted molar refractivity (Wildman–Crippen MR) is 115 cm³/mol. The highest BCUT2D eigenvalue weighted by atomic mass is 127. The van der Waals surface area contributed by atoms with E-state index in [1.165, 1.54) is 38.5 Å². The molecule has 0 aromatic rings. The van der Waals surface area contributed by atoms with Gasteiger partial charge in [-0.2, -0.15) is 0 Å². The van der Waals surface area contributed by atoms with Gasteiger partial charge in [-0.25, -0.2) is 13.1 Å². The number of hydrogen-bond donors (Lipinski definition) is 3. The van der Waals surface area contributed by atoms with E-state index in [0.29, 0.717) is 25.0 Å². The van der Waals surface area contributed by atoms with Crippen molar-refractivity contribution in [3.63, 3.8) is 0 Å². The number of rotatable bonds is 10. The highest BCUT2D eigenvalue weighted by Crippen LogP contribution is 2.28. The van der Waals surface area contributed by atoms with Gasteiger partial charge in [-0.3, -0.25) is 4.99 Å². The zero-order chi connectivity index (χ0) is 17.3. The van der Waals surface area contributed by atoms with Crippen molar-refractivity contribution in [1.29, 1.82) is 0 Å². The second-order valence-electron chi connectivity index (χ2n) is 7.18. The normalized spacial score (nSPS) is 19.3. The van der Waals surface area contributed by atoms with E-state index in [1.54, 1.807) is 7.05 Å². The molecule has 0 atom stereocenters. The van der Waals surface area contributed by atoms with Gasteiger partial charge in [0, 0.05) is 26.7 Å². The van der Waals surface area contributed by atoms with Crippen LogP contribution in [-0.2, 0) is 10.0 Å². The Bertz CT molecular complexity index is 489. The van der Waals surface area contributed by atoms with Crippen LogP contribution in [0.3, 0.4) is 0 Å². The fraction of sp³-hybridized carbons (Fsp3) is 0.941. The van der Waals surface area contributed by atoms with Crippen LogP contribution in [-0.4, -0.2) is 46.8 Å². The summed E-state index contributed by atoms with van der Waals surface area (Å²) in [6, 6.07) is 0. The Morgan fingerprint density at radius 1 is 1.00 bits per heavy atom. The summed E-state index contributed by atoms with van der Waals surface area (Å²) in [5.74, 6) is 2.23. The van der Waals surface area contributed by atoms with Gasteiger partial charge < -0.3 is 10.6 Å². The van der Waals surface area contributed by atoms with Crippen LogP contribution in [0.2, 0.25) is 0 Å². The number of nitrogens with one attached hydrogen (secondary N) is 3. The Morgan fingerprint density at radius 2 is 1.64 bits per heavy atom. The molecule has 25 heavy (non-hydrogen) atoms. The van der Waals surface area contributed by atoms with Gasteiger partial charge in [0.1, 0.15) is 0 Å². The van der Waals surface area contributed by atoms with Crippen LogP contribution in [0.25, 0.3) is 0 Å². The molecule has 0 radical (unpaired) electrons. The second-order valence-corrected chi connectivity index (χ2v) is 9.11. The molecule has 3 N–H and O–H groups in total. The van der Waals surface area contributed by atoms with Crippen LogP contribution in [0, 0.1) is 11.8 Å². The summed E-state index contributed by atoms with van der Waals surface area (Å²) in [7, 11) is -1.47. The smallest absolute Gasteiger partial charge is 0.213 e. The first-order chi connectivity index (χ1) is 11.6. The van der Waals surface area contributed by atoms with Gasteiger partial charge in [-0.05, 0) is 37.5 Å². The number of aliphatic imine (C=N–C) groups is 1. The monoisotopic (exact) mass is 486 g/mol. The fourth-order valence-electron chi connectivity index (χ4n) is 3.43. The molecule has 2 aliphatic rings. The van der Waals surface area contributed by atoms with Gasteiger partial charge in [0.05, 0.1) is 5.75 Å². The molecular weight excluding hydrogens is 451 g/mol. The van der Waals surface area contributed by atoms with E-state index < -0.39 is 10.0 Å². The van der Waals surface area contributed by atoms with E-state index >= 15 is 0 Å². The molecule has 0 bridgehead atoms. The Morgan fingerprint density at radius 3 is 2.24 bits per heavy atom. The summed E-state index contributed by atoms with van der Waals surface area (Å²) in [5.41, 5.74) is 0. The van der Waals surface area contributed by atoms with Crippen molar-refractivity contribution >= 4 is 40.0 Å². The first-order valence-electron chi connectivity index (χ1n) is 9.51. The first kappa shape index (κ1) is 23.0. The van der Waals surface area contributed by atoms with Crippen LogP contribution >= 0.6 is 24.0 Å². The number of guanidine groups is 1. The maximum Gasteiger partial charge on any atom is 0.213 e. The molecule has 2 rings (SSSR count). The van der Waals surface area contributed by atoms with Gasteiger partial charge in [0.2, 0.25) is 10.0 Å². The highest BCUT2D eigenvalue weighted by molar-refractivity contribution is 14.0. The van der Waals surface area contributed by atoms with Crippen molar-refractivity contribution in [2.45, 2.75) is 57.8 Å². The lowest BCUT2D eigenvalue weighted by atomic mass is 9.86. The number of sulfonamides is 1. The topological polar surface area (TPSA) is 82.6 Å². The van der Waals surface area contributed by atoms with Gasteiger partial charge in [0.15, 0.2) is 5.96 Å². The lowest BCUT2D eigenvalue weighted by molar-refractivity contribution is 0.316. The van der Waals surface area contributed by atoms with E-state index in [9.17, 15) is 8.42 Å². The maximum atomic E-state index is 11.9. The first-order valence-corrected chi connectivity index (χ1v) is 11.2. The molecule has 0 amide bonds. The van der Waals surface area contributed by atoms with Gasteiger partial charge in [-0.15, -0.1) is 24.0 Å². The molecule has 0 aliphatic heterocycles. The van der Waals surface area contributed by atoms with Crippen LogP contribution < -0.4 is 15.4 Å². The lowest BCUT2D eigenvalue weighted by Crippen LogP contribution is -2.42. The average Bonchev–Trinajstić information content (AvgIpc) is 3.01. The van der Waals surface area contributed by atoms with Gasteiger partial charge >= 0.3 is 0 Å². The molecule has 2 fully saturated rings. The quantitative estimate of drug-likeness (QED) is 0.192. The van der Waals surface area contributed by atoms with E-state index in [2.05, 4.69) is 20.3 Å². The van der Waals surface area contributed by atoms with Crippen molar-refractivity contribution in [3.8, 4) is 0 Å². The number of hydrogen-bond acceptors (Lipinski definition) is 3. The molecule has 0 saturated heterocycles. The van der Waals surface area contributed by atoms with Gasteiger partial charge in [-0.1, -0.05) is 32.1 Å². The Kier molecular flexibility index (Phi) is 11.3. The lowest BCUT2D eigenvalue weighted by Gasteiger charge is -2.25. The van der Waals surface area contributed by atoms with Crippen LogP contribution in [0.5, 0.6) is 0 Å². The van der Waals surface area contributed by atoms with E-state index in [0.717, 1.165) is 31.7 Å². The minimum absolute atomic E-state index is 0. The molecule has 0 unspecified atom stereocenters. The Hall–Kier alpha value is -0.0900. The van der Waals surface area contributed by atoms with Crippen molar-refractivity contribution in [1.82, 2.24) is 15.4 Å². The molecule has 6 nitrogen and oxygen atoms in total. The zero-order valence-electron chi connectivity index (χ0n) is 15.4. The molecule has 0 spiro atoms. The maximum absolute atomic E-state index is 11.9. The summed E-state index contributed by atoms with van der Waals surface area (Å²) in [6.45, 7) is 1.86. The molecular formula is C17H35IN4O2S. The molecule has 0 aromatic heterocycles. The Balaban J connectivity index is 0.00000312. The third-order valence-corrected chi connectivity index (χ3v) is 6.61. The fourth-order valence-corrected chi connectivity index (χ4v) is 4.44. The van der Waals surface area contributed by atoms with E-state index in [4.69, 9.17) is 0 Å². The molecule has 0 aromatic carbocycles. The Labute approximate surface area is 170 Å².